The molecule has 0 fully saturated rings. The quantitative estimate of drug-likeness (QED) is 0.269. The predicted molar refractivity (Wildman–Crippen MR) is 98.6 cm³/mol. The molecule has 122 valence electrons. The van der Waals surface area contributed by atoms with Crippen LogP contribution in [-0.4, -0.2) is 20.3 Å². The largest absolute Gasteiger partial charge is 0.504 e. The lowest BCUT2D eigenvalue weighted by atomic mass is 10.1. The van der Waals surface area contributed by atoms with Crippen LogP contribution in [0.15, 0.2) is 46.4 Å². The summed E-state index contributed by atoms with van der Waals surface area (Å²) >= 11 is 8.57. The molecular formula is C17H13BrN2O3S. The van der Waals surface area contributed by atoms with Crippen LogP contribution in [-0.2, 0) is 6.54 Å². The Morgan fingerprint density at radius 1 is 1.21 bits per heavy atom. The van der Waals surface area contributed by atoms with Gasteiger partial charge in [0.15, 0.2) is 17.2 Å². The van der Waals surface area contributed by atoms with Crippen LogP contribution in [0, 0.1) is 11.3 Å². The smallest absolute Gasteiger partial charge is 0.200 e. The number of hydrogen-bond acceptors (Lipinski definition) is 5. The number of nitrogens with one attached hydrogen (secondary N) is 1. The highest BCUT2D eigenvalue weighted by Crippen LogP contribution is 2.35. The Bertz CT molecular complexity index is 836. The highest BCUT2D eigenvalue weighted by Gasteiger charge is 2.09. The van der Waals surface area contributed by atoms with Crippen LogP contribution in [0.25, 0.3) is 6.08 Å². The third-order valence-corrected chi connectivity index (χ3v) is 3.96. The third kappa shape index (κ3) is 4.47. The summed E-state index contributed by atoms with van der Waals surface area (Å²) in [5.41, 5.74) is 1.62. The van der Waals surface area contributed by atoms with Crippen molar-refractivity contribution in [2.45, 2.75) is 6.54 Å². The first-order chi connectivity index (χ1) is 11.4. The monoisotopic (exact) mass is 404 g/mol. The molecule has 0 amide bonds. The van der Waals surface area contributed by atoms with Crippen LogP contribution >= 0.6 is 28.1 Å². The molecule has 0 spiro atoms. The molecular weight excluding hydrogens is 392 g/mol. The molecule has 2 rings (SSSR count). The van der Waals surface area contributed by atoms with Gasteiger partial charge in [0.25, 0.3) is 0 Å². The molecule has 0 heterocycles. The van der Waals surface area contributed by atoms with Gasteiger partial charge in [0.2, 0.25) is 0 Å². The van der Waals surface area contributed by atoms with Crippen LogP contribution < -0.4 is 5.32 Å². The van der Waals surface area contributed by atoms with Gasteiger partial charge >= 0.3 is 0 Å². The summed E-state index contributed by atoms with van der Waals surface area (Å²) in [6.07, 6.45) is 1.66. The minimum Gasteiger partial charge on any atom is -0.504 e. The number of aromatic hydroxyl groups is 3. The SMILES string of the molecule is N#CC(=Cc1cccc(Br)c1)C(=S)NCc1cc(O)c(O)c(O)c1. The topological polar surface area (TPSA) is 96.5 Å². The van der Waals surface area contributed by atoms with E-state index >= 15 is 0 Å². The van der Waals surface area contributed by atoms with Gasteiger partial charge in [-0.25, -0.2) is 0 Å². The van der Waals surface area contributed by atoms with Gasteiger partial charge in [-0.1, -0.05) is 40.3 Å². The predicted octanol–water partition coefficient (Wildman–Crippen LogP) is 3.59. The normalized spacial score (nSPS) is 10.9. The van der Waals surface area contributed by atoms with Crippen LogP contribution in [0.2, 0.25) is 0 Å². The fraction of sp³-hybridized carbons (Fsp3) is 0.0588. The molecule has 0 radical (unpaired) electrons. The van der Waals surface area contributed by atoms with Crippen molar-refractivity contribution in [3.8, 4) is 23.3 Å². The van der Waals surface area contributed by atoms with Gasteiger partial charge in [-0.2, -0.15) is 5.26 Å². The van der Waals surface area contributed by atoms with E-state index in [0.29, 0.717) is 5.56 Å². The summed E-state index contributed by atoms with van der Waals surface area (Å²) < 4.78 is 0.891. The molecule has 24 heavy (non-hydrogen) atoms. The first-order valence-electron chi connectivity index (χ1n) is 6.80. The highest BCUT2D eigenvalue weighted by atomic mass is 79.9. The maximum Gasteiger partial charge on any atom is 0.200 e. The number of nitriles is 1. The molecule has 0 aromatic heterocycles. The van der Waals surface area contributed by atoms with E-state index < -0.39 is 17.2 Å². The second kappa shape index (κ2) is 7.81. The van der Waals surface area contributed by atoms with Crippen molar-refractivity contribution in [1.29, 1.82) is 5.26 Å². The van der Waals surface area contributed by atoms with E-state index in [9.17, 15) is 20.6 Å². The molecule has 0 aliphatic rings. The number of phenols is 3. The summed E-state index contributed by atoms with van der Waals surface area (Å²) in [5.74, 6) is -1.43. The third-order valence-electron chi connectivity index (χ3n) is 3.11. The van der Waals surface area contributed by atoms with E-state index in [0.717, 1.165) is 10.0 Å². The zero-order chi connectivity index (χ0) is 17.7. The van der Waals surface area contributed by atoms with Crippen molar-refractivity contribution in [3.05, 3.63) is 57.6 Å². The minimum absolute atomic E-state index is 0.178. The van der Waals surface area contributed by atoms with Crippen molar-refractivity contribution >= 4 is 39.2 Å². The van der Waals surface area contributed by atoms with Gasteiger partial charge in [0.1, 0.15) is 11.1 Å². The Morgan fingerprint density at radius 3 is 2.46 bits per heavy atom. The number of thiocarbonyl (C=S) groups is 1. The maximum absolute atomic E-state index is 9.48. The molecule has 0 saturated carbocycles. The Hall–Kier alpha value is -2.56. The number of halogens is 1. The summed E-state index contributed by atoms with van der Waals surface area (Å²) in [6.45, 7) is 0.178. The molecule has 0 saturated heterocycles. The van der Waals surface area contributed by atoms with Crippen LogP contribution in [0.1, 0.15) is 11.1 Å². The summed E-state index contributed by atoms with van der Waals surface area (Å²) in [6, 6.07) is 12.1. The first-order valence-corrected chi connectivity index (χ1v) is 8.00. The van der Waals surface area contributed by atoms with E-state index in [1.54, 1.807) is 6.08 Å². The fourth-order valence-electron chi connectivity index (χ4n) is 1.95. The Kier molecular flexibility index (Phi) is 5.79. The standard InChI is InChI=1S/C17H13BrN2O3S/c18-13-3-1-2-10(5-13)4-12(8-19)17(24)20-9-11-6-14(21)16(23)15(22)7-11/h1-7,21-23H,9H2,(H,20,24). The first kappa shape index (κ1) is 17.8. The van der Waals surface area contributed by atoms with E-state index in [1.807, 2.05) is 30.3 Å². The molecule has 2 aromatic rings. The van der Waals surface area contributed by atoms with Crippen molar-refractivity contribution in [3.63, 3.8) is 0 Å². The molecule has 7 heteroatoms. The zero-order valence-electron chi connectivity index (χ0n) is 12.3. The van der Waals surface area contributed by atoms with Crippen LogP contribution in [0.3, 0.4) is 0 Å². The molecule has 2 aromatic carbocycles. The van der Waals surface area contributed by atoms with Gasteiger partial charge in [-0.15, -0.1) is 0 Å². The van der Waals surface area contributed by atoms with Crippen LogP contribution in [0.5, 0.6) is 17.2 Å². The van der Waals surface area contributed by atoms with E-state index in [2.05, 4.69) is 21.2 Å². The van der Waals surface area contributed by atoms with Gasteiger partial charge in [0.05, 0.1) is 5.57 Å². The Morgan fingerprint density at radius 2 is 1.88 bits per heavy atom. The Labute approximate surface area is 152 Å². The van der Waals surface area contributed by atoms with Crippen LogP contribution in [0.4, 0.5) is 0 Å². The van der Waals surface area contributed by atoms with Crippen molar-refractivity contribution in [1.82, 2.24) is 5.32 Å². The average Bonchev–Trinajstić information content (AvgIpc) is 2.55. The zero-order valence-corrected chi connectivity index (χ0v) is 14.7. The van der Waals surface area contributed by atoms with E-state index in [1.165, 1.54) is 12.1 Å². The lowest BCUT2D eigenvalue weighted by Crippen LogP contribution is -2.22. The number of benzene rings is 2. The van der Waals surface area contributed by atoms with E-state index in [-0.39, 0.29) is 17.1 Å². The van der Waals surface area contributed by atoms with Crippen molar-refractivity contribution in [2.75, 3.05) is 0 Å². The Balaban J connectivity index is 2.12. The van der Waals surface area contributed by atoms with Crippen molar-refractivity contribution in [2.24, 2.45) is 0 Å². The van der Waals surface area contributed by atoms with Crippen molar-refractivity contribution < 1.29 is 15.3 Å². The molecule has 5 nitrogen and oxygen atoms in total. The molecule has 0 bridgehead atoms. The lowest BCUT2D eigenvalue weighted by Gasteiger charge is -2.09. The summed E-state index contributed by atoms with van der Waals surface area (Å²) in [7, 11) is 0. The molecule has 4 N–H and O–H groups in total. The maximum atomic E-state index is 9.48. The summed E-state index contributed by atoms with van der Waals surface area (Å²) in [5, 5.41) is 40.4. The number of phenolic OH excluding ortho intramolecular Hbond substituents is 3. The summed E-state index contributed by atoms with van der Waals surface area (Å²) in [4.78, 5) is 0.240. The molecule has 0 atom stereocenters. The second-order valence-corrected chi connectivity index (χ2v) is 6.21. The van der Waals surface area contributed by atoms with Gasteiger partial charge in [0, 0.05) is 11.0 Å². The lowest BCUT2D eigenvalue weighted by molar-refractivity contribution is 0.367. The van der Waals surface area contributed by atoms with Gasteiger partial charge < -0.3 is 20.6 Å². The average molecular weight is 405 g/mol. The second-order valence-electron chi connectivity index (χ2n) is 4.89. The van der Waals surface area contributed by atoms with E-state index in [4.69, 9.17) is 12.2 Å². The van der Waals surface area contributed by atoms with Gasteiger partial charge in [-0.3, -0.25) is 0 Å². The fourth-order valence-corrected chi connectivity index (χ4v) is 2.55. The molecule has 0 aliphatic carbocycles. The number of nitrogens with zero attached hydrogens (tertiary/aromatic N) is 1. The number of hydrogen-bond donors (Lipinski definition) is 4. The van der Waals surface area contributed by atoms with Gasteiger partial charge in [-0.05, 0) is 41.5 Å². The minimum atomic E-state index is -0.575. The highest BCUT2D eigenvalue weighted by molar-refractivity contribution is 9.10. The molecule has 0 aliphatic heterocycles. The molecule has 0 unspecified atom stereocenters. The number of rotatable bonds is 4.